The van der Waals surface area contributed by atoms with E-state index in [1.807, 2.05) is 0 Å². The van der Waals surface area contributed by atoms with Crippen LogP contribution in [0.25, 0.3) is 0 Å². The molecule has 0 unspecified atom stereocenters. The molecule has 0 aliphatic heterocycles. The van der Waals surface area contributed by atoms with Crippen molar-refractivity contribution >= 4 is 21.8 Å². The molecular formula is C12H10BrN3O2. The van der Waals surface area contributed by atoms with E-state index in [2.05, 4.69) is 25.9 Å². The van der Waals surface area contributed by atoms with Crippen molar-refractivity contribution < 1.29 is 9.53 Å². The first-order valence-electron chi connectivity index (χ1n) is 5.11. The van der Waals surface area contributed by atoms with E-state index in [0.29, 0.717) is 5.75 Å². The molecule has 0 saturated carbocycles. The largest absolute Gasteiger partial charge is 0.437 e. The molecule has 0 saturated heterocycles. The van der Waals surface area contributed by atoms with Gasteiger partial charge in [0.05, 0.1) is 6.20 Å². The molecule has 2 heterocycles. The van der Waals surface area contributed by atoms with Gasteiger partial charge in [-0.15, -0.1) is 0 Å². The fourth-order valence-electron chi connectivity index (χ4n) is 1.47. The van der Waals surface area contributed by atoms with E-state index in [4.69, 9.17) is 10.5 Å². The number of halogens is 1. The fourth-order valence-corrected chi connectivity index (χ4v) is 1.81. The Morgan fingerprint density at radius 1 is 1.44 bits per heavy atom. The summed E-state index contributed by atoms with van der Waals surface area (Å²) < 4.78 is 6.30. The number of ether oxygens (including phenoxy) is 1. The van der Waals surface area contributed by atoms with Crippen molar-refractivity contribution in [2.45, 2.75) is 6.92 Å². The van der Waals surface area contributed by atoms with Gasteiger partial charge in [0.25, 0.3) is 5.91 Å². The zero-order valence-electron chi connectivity index (χ0n) is 9.55. The van der Waals surface area contributed by atoms with Gasteiger partial charge in [-0.05, 0) is 40.5 Å². The van der Waals surface area contributed by atoms with Crippen molar-refractivity contribution in [3.05, 3.63) is 46.3 Å². The van der Waals surface area contributed by atoms with E-state index in [0.717, 1.165) is 10.0 Å². The second-order valence-corrected chi connectivity index (χ2v) is 4.53. The van der Waals surface area contributed by atoms with Crippen LogP contribution >= 0.6 is 15.9 Å². The maximum Gasteiger partial charge on any atom is 0.254 e. The highest BCUT2D eigenvalue weighted by Gasteiger charge is 2.14. The first kappa shape index (κ1) is 12.5. The summed E-state index contributed by atoms with van der Waals surface area (Å²) in [5.41, 5.74) is 6.31. The molecule has 2 rings (SSSR count). The number of hydrogen-bond donors (Lipinski definition) is 1. The third-order valence-corrected chi connectivity index (χ3v) is 2.70. The second-order valence-electron chi connectivity index (χ2n) is 3.61. The highest BCUT2D eigenvalue weighted by atomic mass is 79.9. The smallest absolute Gasteiger partial charge is 0.254 e. The summed E-state index contributed by atoms with van der Waals surface area (Å²) in [5, 5.41) is 0. The number of nitrogens with zero attached hydrogens (tertiary/aromatic N) is 2. The standard InChI is InChI=1S/C12H10BrN3O2/c1-7-2-3-16-12(10(7)11(14)17)18-9-4-8(13)5-15-6-9/h2-6H,1H3,(H2,14,17). The van der Waals surface area contributed by atoms with Crippen molar-refractivity contribution in [2.75, 3.05) is 0 Å². The number of amides is 1. The molecule has 0 bridgehead atoms. The first-order valence-corrected chi connectivity index (χ1v) is 5.91. The van der Waals surface area contributed by atoms with Crippen molar-refractivity contribution in [1.82, 2.24) is 9.97 Å². The monoisotopic (exact) mass is 307 g/mol. The minimum Gasteiger partial charge on any atom is -0.437 e. The minimum absolute atomic E-state index is 0.183. The second kappa shape index (κ2) is 5.14. The molecule has 1 amide bonds. The first-order chi connectivity index (χ1) is 8.58. The molecular weight excluding hydrogens is 298 g/mol. The number of carbonyl (C=O) groups excluding carboxylic acids is 1. The average Bonchev–Trinajstić information content (AvgIpc) is 2.28. The number of primary amides is 1. The van der Waals surface area contributed by atoms with Gasteiger partial charge in [-0.25, -0.2) is 4.98 Å². The molecule has 92 valence electrons. The van der Waals surface area contributed by atoms with Crippen LogP contribution in [0.1, 0.15) is 15.9 Å². The Hall–Kier alpha value is -1.95. The summed E-state index contributed by atoms with van der Waals surface area (Å²) in [7, 11) is 0. The summed E-state index contributed by atoms with van der Waals surface area (Å²) in [6.45, 7) is 1.77. The third-order valence-electron chi connectivity index (χ3n) is 2.27. The number of nitrogens with two attached hydrogens (primary N) is 1. The van der Waals surface area contributed by atoms with Gasteiger partial charge in [0.2, 0.25) is 5.88 Å². The Labute approximate surface area is 112 Å². The Bertz CT molecular complexity index is 602. The van der Waals surface area contributed by atoms with Crippen LogP contribution in [-0.2, 0) is 0 Å². The van der Waals surface area contributed by atoms with E-state index in [1.54, 1.807) is 31.5 Å². The van der Waals surface area contributed by atoms with Crippen molar-refractivity contribution in [3.8, 4) is 11.6 Å². The number of aryl methyl sites for hydroxylation is 1. The zero-order valence-corrected chi connectivity index (χ0v) is 11.1. The van der Waals surface area contributed by atoms with E-state index in [1.165, 1.54) is 6.20 Å². The van der Waals surface area contributed by atoms with Crippen LogP contribution in [-0.4, -0.2) is 15.9 Å². The van der Waals surface area contributed by atoms with Gasteiger partial charge in [-0.2, -0.15) is 0 Å². The average molecular weight is 308 g/mol. The Balaban J connectivity index is 2.40. The lowest BCUT2D eigenvalue weighted by Crippen LogP contribution is -2.14. The van der Waals surface area contributed by atoms with Crippen molar-refractivity contribution in [3.63, 3.8) is 0 Å². The molecule has 0 radical (unpaired) electrons. The summed E-state index contributed by atoms with van der Waals surface area (Å²) in [5.74, 6) is 0.0888. The molecule has 18 heavy (non-hydrogen) atoms. The number of carbonyl (C=O) groups is 1. The molecule has 2 N–H and O–H groups in total. The van der Waals surface area contributed by atoms with Gasteiger partial charge >= 0.3 is 0 Å². The zero-order chi connectivity index (χ0) is 13.1. The SMILES string of the molecule is Cc1ccnc(Oc2cncc(Br)c2)c1C(N)=O. The Morgan fingerprint density at radius 3 is 2.89 bits per heavy atom. The van der Waals surface area contributed by atoms with Crippen LogP contribution in [0.5, 0.6) is 11.6 Å². The topological polar surface area (TPSA) is 78.1 Å². The summed E-state index contributed by atoms with van der Waals surface area (Å²) in [6, 6.07) is 3.42. The number of pyridine rings is 2. The molecule has 6 heteroatoms. The van der Waals surface area contributed by atoms with Crippen molar-refractivity contribution in [1.29, 1.82) is 0 Å². The van der Waals surface area contributed by atoms with Gasteiger partial charge in [0.15, 0.2) is 0 Å². The van der Waals surface area contributed by atoms with E-state index < -0.39 is 5.91 Å². The summed E-state index contributed by atoms with van der Waals surface area (Å²) in [4.78, 5) is 19.4. The van der Waals surface area contributed by atoms with E-state index in [9.17, 15) is 4.79 Å². The molecule has 0 spiro atoms. The molecule has 2 aromatic rings. The minimum atomic E-state index is -0.571. The predicted molar refractivity (Wildman–Crippen MR) is 69.5 cm³/mol. The third kappa shape index (κ3) is 2.65. The lowest BCUT2D eigenvalue weighted by atomic mass is 10.1. The van der Waals surface area contributed by atoms with Gasteiger partial charge in [0, 0.05) is 16.9 Å². The maximum absolute atomic E-state index is 11.4. The van der Waals surface area contributed by atoms with E-state index >= 15 is 0 Å². The Kier molecular flexibility index (Phi) is 3.57. The Morgan fingerprint density at radius 2 is 2.22 bits per heavy atom. The van der Waals surface area contributed by atoms with Crippen LogP contribution < -0.4 is 10.5 Å². The lowest BCUT2D eigenvalue weighted by Gasteiger charge is -2.09. The van der Waals surface area contributed by atoms with Gasteiger partial charge < -0.3 is 10.5 Å². The predicted octanol–water partition coefficient (Wildman–Crippen LogP) is 2.44. The molecule has 5 nitrogen and oxygen atoms in total. The van der Waals surface area contributed by atoms with Crippen LogP contribution in [0.15, 0.2) is 35.2 Å². The van der Waals surface area contributed by atoms with E-state index in [-0.39, 0.29) is 11.4 Å². The maximum atomic E-state index is 11.4. The molecule has 0 aliphatic rings. The molecule has 2 aromatic heterocycles. The van der Waals surface area contributed by atoms with Crippen LogP contribution in [0, 0.1) is 6.92 Å². The quantitative estimate of drug-likeness (QED) is 0.944. The molecule has 0 aliphatic carbocycles. The van der Waals surface area contributed by atoms with Crippen LogP contribution in [0.3, 0.4) is 0 Å². The van der Waals surface area contributed by atoms with Gasteiger partial charge in [0.1, 0.15) is 11.3 Å². The summed E-state index contributed by atoms with van der Waals surface area (Å²) in [6.07, 6.45) is 4.72. The highest BCUT2D eigenvalue weighted by Crippen LogP contribution is 2.25. The fraction of sp³-hybridized carbons (Fsp3) is 0.0833. The summed E-state index contributed by atoms with van der Waals surface area (Å²) >= 11 is 3.28. The normalized spacial score (nSPS) is 10.1. The van der Waals surface area contributed by atoms with Gasteiger partial charge in [-0.3, -0.25) is 9.78 Å². The number of aromatic nitrogens is 2. The van der Waals surface area contributed by atoms with Crippen LogP contribution in [0.2, 0.25) is 0 Å². The molecule has 0 aromatic carbocycles. The number of hydrogen-bond acceptors (Lipinski definition) is 4. The lowest BCUT2D eigenvalue weighted by molar-refractivity contribution is 0.0997. The molecule has 0 atom stereocenters. The van der Waals surface area contributed by atoms with Crippen LogP contribution in [0.4, 0.5) is 0 Å². The molecule has 0 fully saturated rings. The van der Waals surface area contributed by atoms with Gasteiger partial charge in [-0.1, -0.05) is 0 Å². The highest BCUT2D eigenvalue weighted by molar-refractivity contribution is 9.10. The number of rotatable bonds is 3. The van der Waals surface area contributed by atoms with Crippen molar-refractivity contribution in [2.24, 2.45) is 5.73 Å².